The number of carbonyl (C=O) groups is 3. The summed E-state index contributed by atoms with van der Waals surface area (Å²) in [4.78, 5) is 38.0. The van der Waals surface area contributed by atoms with E-state index in [2.05, 4.69) is 22.6 Å². The quantitative estimate of drug-likeness (QED) is 0.566. The van der Waals surface area contributed by atoms with Crippen molar-refractivity contribution in [3.8, 4) is 11.1 Å². The molecule has 0 unspecified atom stereocenters. The second-order valence-corrected chi connectivity index (χ2v) is 8.58. The number of hydrogen-bond donors (Lipinski definition) is 2. The van der Waals surface area contributed by atoms with E-state index in [0.29, 0.717) is 12.8 Å². The molecule has 1 heterocycles. The maximum absolute atomic E-state index is 12.7. The summed E-state index contributed by atoms with van der Waals surface area (Å²) in [5.74, 6) is -1.79. The lowest BCUT2D eigenvalue weighted by atomic mass is 9.75. The third-order valence-corrected chi connectivity index (χ3v) is 6.82. The second kappa shape index (κ2) is 8.33. The summed E-state index contributed by atoms with van der Waals surface area (Å²) >= 11 is 0. The number of anilines is 1. The summed E-state index contributed by atoms with van der Waals surface area (Å²) in [5, 5.41) is 15.7. The third kappa shape index (κ3) is 3.49. The van der Waals surface area contributed by atoms with Gasteiger partial charge < -0.3 is 19.3 Å². The molecule has 9 nitrogen and oxygen atoms in total. The van der Waals surface area contributed by atoms with Gasteiger partial charge in [-0.1, -0.05) is 53.7 Å². The van der Waals surface area contributed by atoms with Crippen LogP contribution in [0.2, 0.25) is 0 Å². The van der Waals surface area contributed by atoms with Crippen LogP contribution in [0.4, 0.5) is 10.7 Å². The summed E-state index contributed by atoms with van der Waals surface area (Å²) < 4.78 is 10.5. The molecule has 1 aromatic heterocycles. The van der Waals surface area contributed by atoms with Crippen molar-refractivity contribution in [3.05, 3.63) is 71.4 Å². The highest BCUT2D eigenvalue weighted by molar-refractivity contribution is 5.97. The van der Waals surface area contributed by atoms with Gasteiger partial charge in [0.2, 0.25) is 5.88 Å². The summed E-state index contributed by atoms with van der Waals surface area (Å²) in [6.45, 7) is 0.129. The van der Waals surface area contributed by atoms with Crippen molar-refractivity contribution in [2.24, 2.45) is 0 Å². The normalized spacial score (nSPS) is 15.6. The summed E-state index contributed by atoms with van der Waals surface area (Å²) in [7, 11) is 1.43. The standard InChI is InChI=1S/C25H23N3O6/c1-28(25(23(30)31)11-6-12-25)22(29)20-13-21(34-27-20)26-24(32)33-14-19-17-9-4-2-7-15(17)16-8-3-5-10-18(16)19/h2-5,7-10,13,19H,6,11-12,14H2,1H3,(H,26,32)(H,30,31). The number of aromatic nitrogens is 1. The maximum atomic E-state index is 12.7. The van der Waals surface area contributed by atoms with E-state index in [-0.39, 0.29) is 24.1 Å². The number of fused-ring (bicyclic) bond motifs is 3. The molecule has 174 valence electrons. The largest absolute Gasteiger partial charge is 0.479 e. The van der Waals surface area contributed by atoms with E-state index in [9.17, 15) is 19.5 Å². The van der Waals surface area contributed by atoms with Gasteiger partial charge in [-0.2, -0.15) is 0 Å². The van der Waals surface area contributed by atoms with Gasteiger partial charge in [-0.05, 0) is 41.5 Å². The number of rotatable bonds is 6. The average Bonchev–Trinajstić information content (AvgIpc) is 3.39. The number of hydrogen-bond acceptors (Lipinski definition) is 6. The molecule has 2 N–H and O–H groups in total. The topological polar surface area (TPSA) is 122 Å². The van der Waals surface area contributed by atoms with Crippen LogP contribution in [0.5, 0.6) is 0 Å². The average molecular weight is 461 g/mol. The van der Waals surface area contributed by atoms with Gasteiger partial charge in [0.05, 0.1) is 0 Å². The third-order valence-electron chi connectivity index (χ3n) is 6.82. The van der Waals surface area contributed by atoms with E-state index in [4.69, 9.17) is 9.26 Å². The van der Waals surface area contributed by atoms with Crippen LogP contribution in [0.25, 0.3) is 11.1 Å². The molecule has 2 aromatic carbocycles. The van der Waals surface area contributed by atoms with E-state index in [0.717, 1.165) is 28.7 Å². The van der Waals surface area contributed by atoms with Crippen molar-refractivity contribution in [1.29, 1.82) is 0 Å². The number of likely N-dealkylation sites (N-methyl/N-ethyl adjacent to an activating group) is 1. The van der Waals surface area contributed by atoms with Crippen LogP contribution in [-0.4, -0.2) is 52.3 Å². The molecule has 2 aliphatic rings. The fourth-order valence-electron chi connectivity index (χ4n) is 4.74. The van der Waals surface area contributed by atoms with Crippen molar-refractivity contribution in [1.82, 2.24) is 10.1 Å². The molecule has 3 aromatic rings. The van der Waals surface area contributed by atoms with E-state index in [1.54, 1.807) is 0 Å². The Bertz CT molecular complexity index is 1230. The summed E-state index contributed by atoms with van der Waals surface area (Å²) in [6.07, 6.45) is 0.754. The summed E-state index contributed by atoms with van der Waals surface area (Å²) in [6, 6.07) is 17.3. The van der Waals surface area contributed by atoms with Gasteiger partial charge in [-0.3, -0.25) is 10.1 Å². The Labute approximate surface area is 195 Å². The second-order valence-electron chi connectivity index (χ2n) is 8.58. The molecule has 0 aliphatic heterocycles. The van der Waals surface area contributed by atoms with E-state index in [1.165, 1.54) is 18.0 Å². The Kier molecular flexibility index (Phi) is 5.31. The molecule has 1 saturated carbocycles. The number of carbonyl (C=O) groups excluding carboxylic acids is 2. The van der Waals surface area contributed by atoms with Crippen LogP contribution in [0, 0.1) is 0 Å². The van der Waals surface area contributed by atoms with Crippen LogP contribution >= 0.6 is 0 Å². The summed E-state index contributed by atoms with van der Waals surface area (Å²) in [5.41, 5.74) is 3.12. The predicted molar refractivity (Wildman–Crippen MR) is 122 cm³/mol. The predicted octanol–water partition coefficient (Wildman–Crippen LogP) is 4.11. The maximum Gasteiger partial charge on any atom is 0.414 e. The smallest absolute Gasteiger partial charge is 0.414 e. The SMILES string of the molecule is CN(C(=O)c1cc(NC(=O)OCC2c3ccccc3-c3ccccc32)on1)C1(C(=O)O)CCC1. The number of carboxylic acid groups (broad SMARTS) is 1. The Morgan fingerprint density at radius 1 is 1.12 bits per heavy atom. The Morgan fingerprint density at radius 3 is 2.29 bits per heavy atom. The van der Waals surface area contributed by atoms with Crippen LogP contribution in [0.15, 0.2) is 59.1 Å². The number of benzene rings is 2. The molecule has 9 heteroatoms. The van der Waals surface area contributed by atoms with Gasteiger partial charge in [0, 0.05) is 19.0 Å². The molecule has 0 radical (unpaired) electrons. The molecule has 1 fully saturated rings. The molecule has 34 heavy (non-hydrogen) atoms. The van der Waals surface area contributed by atoms with E-state index >= 15 is 0 Å². The number of amides is 2. The number of ether oxygens (including phenoxy) is 1. The lowest BCUT2D eigenvalue weighted by molar-refractivity contribution is -0.154. The number of carboxylic acids is 1. The van der Waals surface area contributed by atoms with Crippen molar-refractivity contribution in [2.45, 2.75) is 30.7 Å². The number of nitrogens with zero attached hydrogens (tertiary/aromatic N) is 2. The lowest BCUT2D eigenvalue weighted by Gasteiger charge is -2.44. The van der Waals surface area contributed by atoms with Crippen LogP contribution in [0.1, 0.15) is 46.8 Å². The zero-order valence-corrected chi connectivity index (χ0v) is 18.5. The van der Waals surface area contributed by atoms with Crippen molar-refractivity contribution in [2.75, 3.05) is 19.0 Å². The zero-order chi connectivity index (χ0) is 23.9. The highest BCUT2D eigenvalue weighted by atomic mass is 16.6. The molecule has 2 amide bonds. The fraction of sp³-hybridized carbons (Fsp3) is 0.280. The van der Waals surface area contributed by atoms with Gasteiger partial charge in [-0.15, -0.1) is 0 Å². The minimum Gasteiger partial charge on any atom is -0.479 e. The lowest BCUT2D eigenvalue weighted by Crippen LogP contribution is -2.59. The van der Waals surface area contributed by atoms with Crippen molar-refractivity contribution < 1.29 is 28.8 Å². The van der Waals surface area contributed by atoms with Crippen molar-refractivity contribution >= 4 is 23.9 Å². The highest BCUT2D eigenvalue weighted by Gasteiger charge is 2.50. The van der Waals surface area contributed by atoms with Crippen LogP contribution in [0.3, 0.4) is 0 Å². The molecular weight excluding hydrogens is 438 g/mol. The molecule has 0 bridgehead atoms. The van der Waals surface area contributed by atoms with Gasteiger partial charge in [0.25, 0.3) is 5.91 Å². The molecule has 0 spiro atoms. The number of nitrogens with one attached hydrogen (secondary N) is 1. The van der Waals surface area contributed by atoms with Gasteiger partial charge in [0.15, 0.2) is 5.69 Å². The molecule has 0 saturated heterocycles. The van der Waals surface area contributed by atoms with Gasteiger partial charge in [0.1, 0.15) is 12.1 Å². The first-order valence-corrected chi connectivity index (χ1v) is 11.0. The number of aliphatic carboxylic acids is 1. The highest BCUT2D eigenvalue weighted by Crippen LogP contribution is 2.44. The monoisotopic (exact) mass is 461 g/mol. The molecule has 5 rings (SSSR count). The van der Waals surface area contributed by atoms with E-state index in [1.807, 2.05) is 36.4 Å². The Balaban J connectivity index is 1.23. The zero-order valence-electron chi connectivity index (χ0n) is 18.5. The van der Waals surface area contributed by atoms with Gasteiger partial charge in [-0.25, -0.2) is 9.59 Å². The van der Waals surface area contributed by atoms with Crippen LogP contribution < -0.4 is 5.32 Å². The molecule has 2 aliphatic carbocycles. The Morgan fingerprint density at radius 2 is 1.74 bits per heavy atom. The van der Waals surface area contributed by atoms with Gasteiger partial charge >= 0.3 is 12.1 Å². The first-order valence-electron chi connectivity index (χ1n) is 11.0. The van der Waals surface area contributed by atoms with Crippen LogP contribution in [-0.2, 0) is 9.53 Å². The molecule has 0 atom stereocenters. The Hall–Kier alpha value is -4.14. The minimum atomic E-state index is -1.23. The molecular formula is C25H23N3O6. The van der Waals surface area contributed by atoms with Crippen molar-refractivity contribution in [3.63, 3.8) is 0 Å². The first-order chi connectivity index (χ1) is 16.4. The first kappa shape index (κ1) is 21.7. The fourth-order valence-corrected chi connectivity index (χ4v) is 4.74. The van der Waals surface area contributed by atoms with E-state index < -0.39 is 23.5 Å². The minimum absolute atomic E-state index is 0.0630.